The van der Waals surface area contributed by atoms with Crippen LogP contribution in [-0.4, -0.2) is 56.1 Å². The third kappa shape index (κ3) is 3.78. The molecule has 0 aliphatic carbocycles. The largest absolute Gasteiger partial charge is 0.478 e. The van der Waals surface area contributed by atoms with Crippen molar-refractivity contribution in [3.8, 4) is 5.88 Å². The Labute approximate surface area is 113 Å². The number of nitrogens with zero attached hydrogens (tertiary/aromatic N) is 3. The number of hydrogen-bond acceptors (Lipinski definition) is 6. The highest BCUT2D eigenvalue weighted by Crippen LogP contribution is 2.20. The molecule has 19 heavy (non-hydrogen) atoms. The standard InChI is InChI=1S/C13H21N3O3/c1-4-18-13-7-12(14-10(2)15-13)16-5-6-19-11(8-16)9-17-3/h7,11H,4-6,8-9H2,1-3H3/t11-/m1/s1. The Morgan fingerprint density at radius 2 is 2.32 bits per heavy atom. The van der Waals surface area contributed by atoms with Gasteiger partial charge in [0.25, 0.3) is 0 Å². The van der Waals surface area contributed by atoms with Crippen molar-refractivity contribution in [3.63, 3.8) is 0 Å². The van der Waals surface area contributed by atoms with Gasteiger partial charge < -0.3 is 19.1 Å². The van der Waals surface area contributed by atoms with Crippen molar-refractivity contribution >= 4 is 5.82 Å². The lowest BCUT2D eigenvalue weighted by molar-refractivity contribution is -0.0102. The fraction of sp³-hybridized carbons (Fsp3) is 0.692. The number of anilines is 1. The monoisotopic (exact) mass is 267 g/mol. The maximum atomic E-state index is 5.64. The smallest absolute Gasteiger partial charge is 0.218 e. The van der Waals surface area contributed by atoms with E-state index in [0.717, 1.165) is 24.7 Å². The van der Waals surface area contributed by atoms with Gasteiger partial charge in [-0.1, -0.05) is 0 Å². The average Bonchev–Trinajstić information content (AvgIpc) is 2.39. The van der Waals surface area contributed by atoms with Gasteiger partial charge in [0.2, 0.25) is 5.88 Å². The molecule has 6 heteroatoms. The van der Waals surface area contributed by atoms with Gasteiger partial charge in [-0.15, -0.1) is 0 Å². The van der Waals surface area contributed by atoms with Gasteiger partial charge in [-0.05, 0) is 13.8 Å². The molecular weight excluding hydrogens is 246 g/mol. The van der Waals surface area contributed by atoms with E-state index >= 15 is 0 Å². The molecular formula is C13H21N3O3. The SMILES string of the molecule is CCOc1cc(N2CCO[C@@H](COC)C2)nc(C)n1. The predicted octanol–water partition coefficient (Wildman–Crippen LogP) is 1.04. The van der Waals surface area contributed by atoms with Crippen molar-refractivity contribution in [2.75, 3.05) is 44.9 Å². The van der Waals surface area contributed by atoms with Crippen molar-refractivity contribution < 1.29 is 14.2 Å². The molecule has 1 aliphatic rings. The summed E-state index contributed by atoms with van der Waals surface area (Å²) in [5.74, 6) is 2.23. The number of aromatic nitrogens is 2. The Hall–Kier alpha value is -1.40. The van der Waals surface area contributed by atoms with Crippen LogP contribution in [0, 0.1) is 6.92 Å². The van der Waals surface area contributed by atoms with Crippen LogP contribution in [-0.2, 0) is 9.47 Å². The highest BCUT2D eigenvalue weighted by Gasteiger charge is 2.22. The van der Waals surface area contributed by atoms with Crippen LogP contribution >= 0.6 is 0 Å². The molecule has 106 valence electrons. The van der Waals surface area contributed by atoms with E-state index in [1.807, 2.05) is 19.9 Å². The maximum Gasteiger partial charge on any atom is 0.218 e. The third-order valence-corrected chi connectivity index (χ3v) is 2.91. The van der Waals surface area contributed by atoms with E-state index in [0.29, 0.717) is 25.7 Å². The van der Waals surface area contributed by atoms with E-state index in [4.69, 9.17) is 14.2 Å². The van der Waals surface area contributed by atoms with Gasteiger partial charge in [0.15, 0.2) is 0 Å². The molecule has 0 spiro atoms. The molecule has 6 nitrogen and oxygen atoms in total. The Bertz CT molecular complexity index is 412. The molecule has 0 radical (unpaired) electrons. The van der Waals surface area contributed by atoms with Crippen LogP contribution in [0.5, 0.6) is 5.88 Å². The van der Waals surface area contributed by atoms with Crippen molar-refractivity contribution in [1.29, 1.82) is 0 Å². The quantitative estimate of drug-likeness (QED) is 0.794. The lowest BCUT2D eigenvalue weighted by Gasteiger charge is -2.33. The lowest BCUT2D eigenvalue weighted by Crippen LogP contribution is -2.44. The van der Waals surface area contributed by atoms with E-state index in [-0.39, 0.29) is 6.10 Å². The van der Waals surface area contributed by atoms with Crippen LogP contribution in [0.15, 0.2) is 6.07 Å². The minimum Gasteiger partial charge on any atom is -0.478 e. The summed E-state index contributed by atoms with van der Waals surface area (Å²) in [7, 11) is 1.68. The third-order valence-electron chi connectivity index (χ3n) is 2.91. The molecule has 2 heterocycles. The van der Waals surface area contributed by atoms with Gasteiger partial charge in [-0.25, -0.2) is 4.98 Å². The van der Waals surface area contributed by atoms with Gasteiger partial charge in [-0.3, -0.25) is 0 Å². The highest BCUT2D eigenvalue weighted by molar-refractivity contribution is 5.42. The Kier molecular flexibility index (Phi) is 4.93. The molecule has 1 aromatic rings. The zero-order valence-electron chi connectivity index (χ0n) is 11.8. The van der Waals surface area contributed by atoms with E-state index < -0.39 is 0 Å². The Balaban J connectivity index is 2.11. The summed E-state index contributed by atoms with van der Waals surface area (Å²) in [6.07, 6.45) is 0.0876. The van der Waals surface area contributed by atoms with Crippen LogP contribution in [0.1, 0.15) is 12.7 Å². The zero-order chi connectivity index (χ0) is 13.7. The molecule has 1 saturated heterocycles. The Morgan fingerprint density at radius 3 is 3.05 bits per heavy atom. The molecule has 1 aromatic heterocycles. The number of rotatable bonds is 5. The highest BCUT2D eigenvalue weighted by atomic mass is 16.5. The Morgan fingerprint density at radius 1 is 1.47 bits per heavy atom. The van der Waals surface area contributed by atoms with Crippen LogP contribution < -0.4 is 9.64 Å². The van der Waals surface area contributed by atoms with Crippen molar-refractivity contribution in [2.45, 2.75) is 20.0 Å². The maximum absolute atomic E-state index is 5.64. The first-order valence-electron chi connectivity index (χ1n) is 6.57. The number of methoxy groups -OCH3 is 1. The summed E-state index contributed by atoms with van der Waals surface area (Å²) in [5.41, 5.74) is 0. The van der Waals surface area contributed by atoms with Crippen molar-refractivity contribution in [2.24, 2.45) is 0 Å². The van der Waals surface area contributed by atoms with Gasteiger partial charge in [0.05, 0.1) is 25.9 Å². The van der Waals surface area contributed by atoms with Crippen LogP contribution in [0.2, 0.25) is 0 Å². The molecule has 1 atom stereocenters. The summed E-state index contributed by atoms with van der Waals surface area (Å²) in [6.45, 7) is 7.29. The van der Waals surface area contributed by atoms with E-state index in [9.17, 15) is 0 Å². The molecule has 0 saturated carbocycles. The van der Waals surface area contributed by atoms with Crippen LogP contribution in [0.4, 0.5) is 5.82 Å². The predicted molar refractivity (Wildman–Crippen MR) is 71.8 cm³/mol. The van der Waals surface area contributed by atoms with Crippen molar-refractivity contribution in [1.82, 2.24) is 9.97 Å². The minimum atomic E-state index is 0.0876. The van der Waals surface area contributed by atoms with Gasteiger partial charge in [0, 0.05) is 26.3 Å². The average molecular weight is 267 g/mol. The second-order valence-corrected chi connectivity index (χ2v) is 4.44. The van der Waals surface area contributed by atoms with E-state index in [1.165, 1.54) is 0 Å². The first-order valence-corrected chi connectivity index (χ1v) is 6.57. The number of ether oxygens (including phenoxy) is 3. The van der Waals surface area contributed by atoms with Gasteiger partial charge >= 0.3 is 0 Å². The van der Waals surface area contributed by atoms with Gasteiger partial charge in [-0.2, -0.15) is 4.98 Å². The fourth-order valence-corrected chi connectivity index (χ4v) is 2.12. The summed E-state index contributed by atoms with van der Waals surface area (Å²) in [6, 6.07) is 1.88. The fourth-order valence-electron chi connectivity index (χ4n) is 2.12. The topological polar surface area (TPSA) is 56.7 Å². The zero-order valence-corrected chi connectivity index (χ0v) is 11.8. The molecule has 0 unspecified atom stereocenters. The summed E-state index contributed by atoms with van der Waals surface area (Å²) < 4.78 is 16.2. The number of aryl methyl sites for hydroxylation is 1. The number of morpholine rings is 1. The molecule has 0 aromatic carbocycles. The number of hydrogen-bond donors (Lipinski definition) is 0. The van der Waals surface area contributed by atoms with E-state index in [1.54, 1.807) is 7.11 Å². The lowest BCUT2D eigenvalue weighted by atomic mass is 10.3. The van der Waals surface area contributed by atoms with Crippen LogP contribution in [0.25, 0.3) is 0 Å². The first-order chi connectivity index (χ1) is 9.22. The summed E-state index contributed by atoms with van der Waals surface area (Å²) >= 11 is 0. The molecule has 1 aliphatic heterocycles. The van der Waals surface area contributed by atoms with Gasteiger partial charge in [0.1, 0.15) is 11.6 Å². The molecule has 0 amide bonds. The molecule has 0 bridgehead atoms. The minimum absolute atomic E-state index is 0.0876. The molecule has 0 N–H and O–H groups in total. The second-order valence-electron chi connectivity index (χ2n) is 4.44. The van der Waals surface area contributed by atoms with Crippen LogP contribution in [0.3, 0.4) is 0 Å². The molecule has 2 rings (SSSR count). The first kappa shape index (κ1) is 14.0. The van der Waals surface area contributed by atoms with Crippen molar-refractivity contribution in [3.05, 3.63) is 11.9 Å². The van der Waals surface area contributed by atoms with E-state index in [2.05, 4.69) is 14.9 Å². The molecule has 1 fully saturated rings. The summed E-state index contributed by atoms with van der Waals surface area (Å²) in [5, 5.41) is 0. The normalized spacial score (nSPS) is 19.5. The summed E-state index contributed by atoms with van der Waals surface area (Å²) in [4.78, 5) is 10.9. The second kappa shape index (κ2) is 6.68.